The summed E-state index contributed by atoms with van der Waals surface area (Å²) in [7, 11) is -1.88. The van der Waals surface area contributed by atoms with Crippen molar-refractivity contribution in [2.24, 2.45) is 0 Å². The Kier molecular flexibility index (Phi) is 3.26. The molecule has 0 amide bonds. The number of hydrogen-bond acceptors (Lipinski definition) is 3. The minimum absolute atomic E-state index is 0.128. The van der Waals surface area contributed by atoms with Crippen molar-refractivity contribution in [1.29, 1.82) is 0 Å². The molecule has 0 saturated carbocycles. The van der Waals surface area contributed by atoms with Crippen LogP contribution < -0.4 is 9.99 Å². The Hall–Kier alpha value is -1.62. The molecule has 0 bridgehead atoms. The Labute approximate surface area is 114 Å². The smallest absolute Gasteiger partial charge is 0.258 e. The van der Waals surface area contributed by atoms with Gasteiger partial charge in [-0.1, -0.05) is 20.8 Å². The first-order valence-corrected chi connectivity index (χ1v) is 9.28. The van der Waals surface area contributed by atoms with Crippen LogP contribution in [0.3, 0.4) is 0 Å². The van der Waals surface area contributed by atoms with E-state index in [0.717, 1.165) is 5.75 Å². The molecule has 5 heteroatoms. The number of hydrogen-bond donors (Lipinski definition) is 1. The lowest BCUT2D eigenvalue weighted by molar-refractivity contribution is 0.493. The van der Waals surface area contributed by atoms with Gasteiger partial charge < -0.3 is 9.41 Å². The molecule has 0 fully saturated rings. The Balaban J connectivity index is 2.43. The number of H-pyrrole nitrogens is 1. The van der Waals surface area contributed by atoms with E-state index in [9.17, 15) is 4.79 Å². The normalized spacial score (nSPS) is 12.7. The molecule has 0 aliphatic rings. The Bertz CT molecular complexity index is 656. The van der Waals surface area contributed by atoms with E-state index in [4.69, 9.17) is 4.43 Å². The van der Waals surface area contributed by atoms with Gasteiger partial charge in [-0.15, -0.1) is 0 Å². The van der Waals surface area contributed by atoms with Crippen LogP contribution in [0.2, 0.25) is 18.1 Å². The van der Waals surface area contributed by atoms with Gasteiger partial charge in [0.05, 0.1) is 17.2 Å². The molecular weight excluding hydrogens is 256 g/mol. The molecule has 0 saturated heterocycles. The van der Waals surface area contributed by atoms with Crippen molar-refractivity contribution >= 4 is 19.2 Å². The van der Waals surface area contributed by atoms with Crippen molar-refractivity contribution in [3.63, 3.8) is 0 Å². The average molecular weight is 276 g/mol. The van der Waals surface area contributed by atoms with Crippen molar-refractivity contribution in [2.75, 3.05) is 0 Å². The van der Waals surface area contributed by atoms with E-state index >= 15 is 0 Å². The maximum absolute atomic E-state index is 11.8. The first-order chi connectivity index (χ1) is 8.71. The molecule has 102 valence electrons. The van der Waals surface area contributed by atoms with Crippen LogP contribution in [0.4, 0.5) is 0 Å². The number of fused-ring (bicyclic) bond motifs is 1. The van der Waals surface area contributed by atoms with E-state index in [1.807, 2.05) is 12.1 Å². The highest BCUT2D eigenvalue weighted by Gasteiger charge is 2.38. The van der Waals surface area contributed by atoms with E-state index < -0.39 is 8.32 Å². The molecule has 4 nitrogen and oxygen atoms in total. The van der Waals surface area contributed by atoms with Crippen LogP contribution >= 0.6 is 0 Å². The van der Waals surface area contributed by atoms with Crippen LogP contribution in [0.1, 0.15) is 20.8 Å². The maximum Gasteiger partial charge on any atom is 0.258 e. The fourth-order valence-electron chi connectivity index (χ4n) is 1.56. The standard InChI is InChI=1S/C14H20N2O2Si/c1-14(2,3)19(4,5)18-10-6-7-12-11(8-10)13(17)16-9-15-12/h6-9H,1-5H3,(H,15,16,17). The van der Waals surface area contributed by atoms with Crippen LogP contribution in [0, 0.1) is 0 Å². The quantitative estimate of drug-likeness (QED) is 0.856. The average Bonchev–Trinajstić information content (AvgIpc) is 2.28. The van der Waals surface area contributed by atoms with Gasteiger partial charge in [0.25, 0.3) is 5.56 Å². The maximum atomic E-state index is 11.8. The third-order valence-electron chi connectivity index (χ3n) is 3.79. The van der Waals surface area contributed by atoms with Gasteiger partial charge in [-0.05, 0) is 36.3 Å². The SMILES string of the molecule is CC(C)(C)[Si](C)(C)Oc1ccc2nc[nH]c(=O)c2c1. The first-order valence-electron chi connectivity index (χ1n) is 6.37. The minimum atomic E-state index is -1.88. The summed E-state index contributed by atoms with van der Waals surface area (Å²) in [6, 6.07) is 5.49. The third-order valence-corrected chi connectivity index (χ3v) is 8.15. The van der Waals surface area contributed by atoms with Gasteiger partial charge in [-0.2, -0.15) is 0 Å². The highest BCUT2D eigenvalue weighted by Crippen LogP contribution is 2.37. The molecule has 1 N–H and O–H groups in total. The van der Waals surface area contributed by atoms with Gasteiger partial charge >= 0.3 is 0 Å². The van der Waals surface area contributed by atoms with Gasteiger partial charge in [0.1, 0.15) is 5.75 Å². The summed E-state index contributed by atoms with van der Waals surface area (Å²) in [4.78, 5) is 18.5. The predicted molar refractivity (Wildman–Crippen MR) is 80.2 cm³/mol. The van der Waals surface area contributed by atoms with Crippen molar-refractivity contribution in [2.45, 2.75) is 38.9 Å². The number of aromatic nitrogens is 2. The number of nitrogens with zero attached hydrogens (tertiary/aromatic N) is 1. The zero-order valence-electron chi connectivity index (χ0n) is 12.1. The molecule has 1 aromatic heterocycles. The lowest BCUT2D eigenvalue weighted by atomic mass is 10.2. The molecule has 0 radical (unpaired) electrons. The summed E-state index contributed by atoms with van der Waals surface area (Å²) >= 11 is 0. The molecular formula is C14H20N2O2Si. The molecule has 1 aromatic carbocycles. The van der Waals surface area contributed by atoms with Crippen molar-refractivity contribution in [3.8, 4) is 5.75 Å². The molecule has 0 aliphatic carbocycles. The molecule has 0 unspecified atom stereocenters. The van der Waals surface area contributed by atoms with Gasteiger partial charge in [0.15, 0.2) is 0 Å². The van der Waals surface area contributed by atoms with Gasteiger partial charge in [0.2, 0.25) is 8.32 Å². The van der Waals surface area contributed by atoms with E-state index in [2.05, 4.69) is 43.8 Å². The van der Waals surface area contributed by atoms with E-state index in [1.54, 1.807) is 6.07 Å². The second kappa shape index (κ2) is 4.49. The molecule has 0 spiro atoms. The third kappa shape index (κ3) is 2.70. The molecule has 19 heavy (non-hydrogen) atoms. The summed E-state index contributed by atoms with van der Waals surface area (Å²) < 4.78 is 6.19. The molecule has 0 atom stereocenters. The number of aromatic amines is 1. The lowest BCUT2D eigenvalue weighted by Gasteiger charge is -2.36. The van der Waals surface area contributed by atoms with Crippen LogP contribution in [0.15, 0.2) is 29.3 Å². The fourth-order valence-corrected chi connectivity index (χ4v) is 2.58. The van der Waals surface area contributed by atoms with Crippen LogP contribution in [0.5, 0.6) is 5.75 Å². The number of rotatable bonds is 2. The van der Waals surface area contributed by atoms with Gasteiger partial charge in [-0.3, -0.25) is 4.79 Å². The number of benzene rings is 1. The fraction of sp³-hybridized carbons (Fsp3) is 0.429. The summed E-state index contributed by atoms with van der Waals surface area (Å²) in [5, 5.41) is 0.697. The Morgan fingerprint density at radius 2 is 1.95 bits per heavy atom. The summed E-state index contributed by atoms with van der Waals surface area (Å²) in [5.41, 5.74) is 0.553. The monoisotopic (exact) mass is 276 g/mol. The van der Waals surface area contributed by atoms with Crippen molar-refractivity contribution in [1.82, 2.24) is 9.97 Å². The lowest BCUT2D eigenvalue weighted by Crippen LogP contribution is -2.43. The second-order valence-corrected chi connectivity index (χ2v) is 11.0. The van der Waals surface area contributed by atoms with E-state index in [-0.39, 0.29) is 10.6 Å². The minimum Gasteiger partial charge on any atom is -0.543 e. The topological polar surface area (TPSA) is 55.0 Å². The Morgan fingerprint density at radius 3 is 2.58 bits per heavy atom. The largest absolute Gasteiger partial charge is 0.543 e. The Morgan fingerprint density at radius 1 is 1.26 bits per heavy atom. The summed E-state index contributed by atoms with van der Waals surface area (Å²) in [6.45, 7) is 10.9. The van der Waals surface area contributed by atoms with Gasteiger partial charge in [-0.25, -0.2) is 4.98 Å². The van der Waals surface area contributed by atoms with Crippen molar-refractivity contribution < 1.29 is 4.43 Å². The van der Waals surface area contributed by atoms with Crippen LogP contribution in [-0.4, -0.2) is 18.3 Å². The first kappa shape index (κ1) is 13.8. The van der Waals surface area contributed by atoms with E-state index in [0.29, 0.717) is 10.9 Å². The van der Waals surface area contributed by atoms with Crippen molar-refractivity contribution in [3.05, 3.63) is 34.9 Å². The number of nitrogens with one attached hydrogen (secondary N) is 1. The molecule has 2 rings (SSSR count). The zero-order chi connectivity index (χ0) is 14.3. The van der Waals surface area contributed by atoms with E-state index in [1.165, 1.54) is 6.33 Å². The predicted octanol–water partition coefficient (Wildman–Crippen LogP) is 3.31. The molecule has 1 heterocycles. The highest BCUT2D eigenvalue weighted by molar-refractivity contribution is 6.74. The second-order valence-electron chi connectivity index (χ2n) is 6.27. The molecule has 2 aromatic rings. The summed E-state index contributed by atoms with van der Waals surface area (Å²) in [5.74, 6) is 0.748. The highest BCUT2D eigenvalue weighted by atomic mass is 28.4. The molecule has 0 aliphatic heterocycles. The van der Waals surface area contributed by atoms with Crippen LogP contribution in [-0.2, 0) is 0 Å². The van der Waals surface area contributed by atoms with Crippen LogP contribution in [0.25, 0.3) is 10.9 Å². The zero-order valence-corrected chi connectivity index (χ0v) is 13.1. The summed E-state index contributed by atoms with van der Waals surface area (Å²) in [6.07, 6.45) is 1.42. The van der Waals surface area contributed by atoms with Gasteiger partial charge in [0, 0.05) is 0 Å².